The summed E-state index contributed by atoms with van der Waals surface area (Å²) in [6.45, 7) is 1.80. The molecule has 28 heavy (non-hydrogen) atoms. The zero-order valence-electron chi connectivity index (χ0n) is 16.0. The van der Waals surface area contributed by atoms with Gasteiger partial charge < -0.3 is 14.4 Å². The minimum Gasteiger partial charge on any atom is -0.497 e. The fourth-order valence-corrected chi connectivity index (χ4v) is 4.48. The number of carbonyl (C=O) groups is 1. The number of nitrogens with zero attached hydrogens (tertiary/aromatic N) is 2. The quantitative estimate of drug-likeness (QED) is 0.736. The van der Waals surface area contributed by atoms with Crippen LogP contribution in [-0.2, 0) is 21.3 Å². The van der Waals surface area contributed by atoms with Crippen molar-refractivity contribution < 1.29 is 22.7 Å². The monoisotopic (exact) mass is 404 g/mol. The van der Waals surface area contributed by atoms with E-state index < -0.39 is 10.0 Å². The van der Waals surface area contributed by atoms with Crippen LogP contribution in [0.25, 0.3) is 0 Å². The first-order chi connectivity index (χ1) is 13.4. The normalized spacial score (nSPS) is 15.2. The fraction of sp³-hybridized carbons (Fsp3) is 0.350. The Balaban J connectivity index is 1.75. The summed E-state index contributed by atoms with van der Waals surface area (Å²) in [5.74, 6) is 0.508. The molecular weight excluding hydrogens is 380 g/mol. The Morgan fingerprint density at radius 2 is 1.82 bits per heavy atom. The molecule has 0 aromatic heterocycles. The van der Waals surface area contributed by atoms with Crippen molar-refractivity contribution >= 4 is 15.9 Å². The van der Waals surface area contributed by atoms with Gasteiger partial charge in [-0.25, -0.2) is 8.42 Å². The number of benzene rings is 2. The van der Waals surface area contributed by atoms with Gasteiger partial charge in [0.25, 0.3) is 5.91 Å². The molecular formula is C20H24N2O5S. The van der Waals surface area contributed by atoms with Crippen LogP contribution in [0, 0.1) is 0 Å². The average molecular weight is 404 g/mol. The molecule has 2 aromatic carbocycles. The van der Waals surface area contributed by atoms with E-state index in [1.165, 1.54) is 16.4 Å². The number of carbonyl (C=O) groups excluding carboxylic acids is 1. The van der Waals surface area contributed by atoms with E-state index in [4.69, 9.17) is 9.47 Å². The zero-order chi connectivity index (χ0) is 20.1. The highest BCUT2D eigenvalue weighted by molar-refractivity contribution is 7.89. The number of rotatable bonds is 6. The summed E-state index contributed by atoms with van der Waals surface area (Å²) < 4.78 is 37.4. The first kappa shape index (κ1) is 20.3. The van der Waals surface area contributed by atoms with Crippen molar-refractivity contribution in [2.75, 3.05) is 40.5 Å². The summed E-state index contributed by atoms with van der Waals surface area (Å²) >= 11 is 0. The topological polar surface area (TPSA) is 76.2 Å². The molecule has 150 valence electrons. The number of sulfonamides is 1. The van der Waals surface area contributed by atoms with Crippen LogP contribution in [0.15, 0.2) is 53.4 Å². The van der Waals surface area contributed by atoms with Crippen molar-refractivity contribution in [2.24, 2.45) is 0 Å². The minimum atomic E-state index is -3.64. The van der Waals surface area contributed by atoms with Crippen LogP contribution >= 0.6 is 0 Å². The zero-order valence-corrected chi connectivity index (χ0v) is 16.8. The molecule has 0 saturated carbocycles. The maximum Gasteiger partial charge on any atom is 0.253 e. The molecule has 0 aliphatic carbocycles. The second-order valence-electron chi connectivity index (χ2n) is 6.55. The summed E-state index contributed by atoms with van der Waals surface area (Å²) in [5.41, 5.74) is 1.29. The van der Waals surface area contributed by atoms with Crippen molar-refractivity contribution in [3.05, 3.63) is 59.7 Å². The molecule has 0 bridgehead atoms. The molecule has 1 heterocycles. The van der Waals surface area contributed by atoms with Crippen LogP contribution in [0.3, 0.4) is 0 Å². The first-order valence-corrected chi connectivity index (χ1v) is 10.4. The molecule has 0 radical (unpaired) electrons. The van der Waals surface area contributed by atoms with Gasteiger partial charge in [-0.05, 0) is 35.9 Å². The lowest BCUT2D eigenvalue weighted by Gasteiger charge is -2.26. The maximum atomic E-state index is 12.8. The Kier molecular flexibility index (Phi) is 6.33. The molecule has 8 heteroatoms. The molecule has 1 aliphatic heterocycles. The molecule has 1 fully saturated rings. The number of morpholine rings is 1. The largest absolute Gasteiger partial charge is 0.497 e. The van der Waals surface area contributed by atoms with Crippen LogP contribution in [0.2, 0.25) is 0 Å². The predicted molar refractivity (Wildman–Crippen MR) is 105 cm³/mol. The van der Waals surface area contributed by atoms with Crippen LogP contribution < -0.4 is 4.74 Å². The summed E-state index contributed by atoms with van der Waals surface area (Å²) in [7, 11) is -0.352. The number of methoxy groups -OCH3 is 1. The fourth-order valence-electron chi connectivity index (χ4n) is 3.02. The van der Waals surface area contributed by atoms with Crippen molar-refractivity contribution in [2.45, 2.75) is 11.4 Å². The molecule has 0 atom stereocenters. The van der Waals surface area contributed by atoms with Gasteiger partial charge in [0.15, 0.2) is 0 Å². The lowest BCUT2D eigenvalue weighted by atomic mass is 10.1. The summed E-state index contributed by atoms with van der Waals surface area (Å²) in [6, 6.07) is 13.6. The van der Waals surface area contributed by atoms with Gasteiger partial charge in [-0.3, -0.25) is 4.79 Å². The number of hydrogen-bond donors (Lipinski definition) is 0. The third-order valence-corrected chi connectivity index (χ3v) is 6.51. The van der Waals surface area contributed by atoms with E-state index in [2.05, 4.69) is 0 Å². The van der Waals surface area contributed by atoms with Crippen LogP contribution in [0.5, 0.6) is 5.75 Å². The van der Waals surface area contributed by atoms with E-state index in [9.17, 15) is 13.2 Å². The highest BCUT2D eigenvalue weighted by atomic mass is 32.2. The van der Waals surface area contributed by atoms with E-state index >= 15 is 0 Å². The lowest BCUT2D eigenvalue weighted by molar-refractivity contribution is 0.0730. The average Bonchev–Trinajstić information content (AvgIpc) is 2.74. The first-order valence-electron chi connectivity index (χ1n) is 8.98. The molecule has 0 unspecified atom stereocenters. The Bertz CT molecular complexity index is 922. The Hall–Kier alpha value is -2.42. The van der Waals surface area contributed by atoms with Gasteiger partial charge in [-0.15, -0.1) is 0 Å². The van der Waals surface area contributed by atoms with Gasteiger partial charge >= 0.3 is 0 Å². The van der Waals surface area contributed by atoms with E-state index in [1.807, 2.05) is 24.3 Å². The summed E-state index contributed by atoms with van der Waals surface area (Å²) in [4.78, 5) is 14.5. The van der Waals surface area contributed by atoms with Crippen molar-refractivity contribution in [3.8, 4) is 5.75 Å². The molecule has 1 aliphatic rings. The molecule has 0 spiro atoms. The van der Waals surface area contributed by atoms with Crippen molar-refractivity contribution in [1.29, 1.82) is 0 Å². The smallest absolute Gasteiger partial charge is 0.253 e. The summed E-state index contributed by atoms with van der Waals surface area (Å²) in [6.07, 6.45) is 0. The molecule has 2 aromatic rings. The van der Waals surface area contributed by atoms with Crippen molar-refractivity contribution in [1.82, 2.24) is 9.21 Å². The van der Waals surface area contributed by atoms with E-state index in [0.717, 1.165) is 11.3 Å². The third-order valence-electron chi connectivity index (χ3n) is 4.61. The van der Waals surface area contributed by atoms with E-state index in [1.54, 1.807) is 31.2 Å². The summed E-state index contributed by atoms with van der Waals surface area (Å²) in [5, 5.41) is 0. The highest BCUT2D eigenvalue weighted by Crippen LogP contribution is 2.20. The maximum absolute atomic E-state index is 12.8. The molecule has 1 saturated heterocycles. The van der Waals surface area contributed by atoms with Crippen LogP contribution in [0.1, 0.15) is 15.9 Å². The second kappa shape index (κ2) is 8.72. The Labute approximate surface area is 165 Å². The molecule has 0 N–H and O–H groups in total. The van der Waals surface area contributed by atoms with Crippen LogP contribution in [-0.4, -0.2) is 64.0 Å². The molecule has 3 rings (SSSR count). The number of ether oxygens (including phenoxy) is 2. The second-order valence-corrected chi connectivity index (χ2v) is 8.49. The van der Waals surface area contributed by atoms with E-state index in [-0.39, 0.29) is 10.8 Å². The molecule has 1 amide bonds. The number of amides is 1. The van der Waals surface area contributed by atoms with Gasteiger partial charge in [0.1, 0.15) is 5.75 Å². The number of hydrogen-bond acceptors (Lipinski definition) is 5. The highest BCUT2D eigenvalue weighted by Gasteiger charge is 2.27. The van der Waals surface area contributed by atoms with Gasteiger partial charge in [0.2, 0.25) is 10.0 Å². The van der Waals surface area contributed by atoms with Crippen LogP contribution in [0.4, 0.5) is 0 Å². The van der Waals surface area contributed by atoms with Gasteiger partial charge in [0, 0.05) is 32.2 Å². The van der Waals surface area contributed by atoms with Gasteiger partial charge in [-0.2, -0.15) is 4.31 Å². The minimum absolute atomic E-state index is 0.123. The van der Waals surface area contributed by atoms with Crippen molar-refractivity contribution in [3.63, 3.8) is 0 Å². The standard InChI is InChI=1S/C20H24N2O5S/c1-21(15-16-6-8-18(26-2)9-7-16)20(23)17-4-3-5-19(14-17)28(24,25)22-10-12-27-13-11-22/h3-9,14H,10-13,15H2,1-2H3. The van der Waals surface area contributed by atoms with Gasteiger partial charge in [0.05, 0.1) is 25.2 Å². The Morgan fingerprint density at radius 1 is 1.14 bits per heavy atom. The van der Waals surface area contributed by atoms with Gasteiger partial charge in [-0.1, -0.05) is 18.2 Å². The van der Waals surface area contributed by atoms with E-state index in [0.29, 0.717) is 38.4 Å². The Morgan fingerprint density at radius 3 is 2.46 bits per heavy atom. The lowest BCUT2D eigenvalue weighted by Crippen LogP contribution is -2.40. The predicted octanol–water partition coefficient (Wildman–Crippen LogP) is 1.99. The third kappa shape index (κ3) is 4.52. The SMILES string of the molecule is COc1ccc(CN(C)C(=O)c2cccc(S(=O)(=O)N3CCOCC3)c2)cc1. The molecule has 7 nitrogen and oxygen atoms in total.